The van der Waals surface area contributed by atoms with Crippen molar-refractivity contribution in [3.63, 3.8) is 0 Å². The van der Waals surface area contributed by atoms with Crippen molar-refractivity contribution in [1.29, 1.82) is 0 Å². The minimum absolute atomic E-state index is 0.0393. The van der Waals surface area contributed by atoms with Crippen LogP contribution in [0.1, 0.15) is 29.8 Å². The van der Waals surface area contributed by atoms with E-state index in [1.165, 1.54) is 0 Å². The number of amides is 1. The number of hydrogen-bond acceptors (Lipinski definition) is 5. The van der Waals surface area contributed by atoms with E-state index in [0.29, 0.717) is 0 Å². The molecule has 1 aromatic carbocycles. The van der Waals surface area contributed by atoms with Gasteiger partial charge in [-0.05, 0) is 24.1 Å². The Bertz CT molecular complexity index is 884. The molecular formula is C22H25N3O2S. The summed E-state index contributed by atoms with van der Waals surface area (Å²) in [5.41, 5.74) is 2.01. The number of hydrogen-bond donors (Lipinski definition) is 0. The van der Waals surface area contributed by atoms with Gasteiger partial charge in [-0.15, -0.1) is 11.3 Å². The third-order valence-electron chi connectivity index (χ3n) is 5.28. The van der Waals surface area contributed by atoms with Crippen LogP contribution in [-0.2, 0) is 11.3 Å². The number of nitrogens with zero attached hydrogens (tertiary/aromatic N) is 3. The number of thiazole rings is 1. The summed E-state index contributed by atoms with van der Waals surface area (Å²) >= 11 is 1.66. The van der Waals surface area contributed by atoms with Crippen molar-refractivity contribution >= 4 is 17.2 Å². The van der Waals surface area contributed by atoms with Crippen LogP contribution >= 0.6 is 11.3 Å². The minimum atomic E-state index is -0.0393. The molecule has 1 unspecified atom stereocenters. The molecule has 0 spiro atoms. The number of rotatable bonds is 6. The van der Waals surface area contributed by atoms with Gasteiger partial charge in [-0.25, -0.2) is 4.98 Å². The van der Waals surface area contributed by atoms with Gasteiger partial charge in [-0.1, -0.05) is 37.3 Å². The normalized spacial score (nSPS) is 16.2. The van der Waals surface area contributed by atoms with Crippen LogP contribution in [0.4, 0.5) is 0 Å². The van der Waals surface area contributed by atoms with Crippen LogP contribution in [0.2, 0.25) is 0 Å². The minimum Gasteiger partial charge on any atom is -0.463 e. The Hall–Kier alpha value is -2.44. The second kappa shape index (κ2) is 8.71. The topological polar surface area (TPSA) is 49.6 Å². The number of aromatic nitrogens is 1. The van der Waals surface area contributed by atoms with Crippen molar-refractivity contribution in [2.24, 2.45) is 0 Å². The molecule has 4 rings (SSSR count). The van der Waals surface area contributed by atoms with E-state index in [4.69, 9.17) is 4.42 Å². The quantitative estimate of drug-likeness (QED) is 0.626. The van der Waals surface area contributed by atoms with E-state index in [-0.39, 0.29) is 11.8 Å². The summed E-state index contributed by atoms with van der Waals surface area (Å²) in [5, 5.41) is 3.13. The van der Waals surface area contributed by atoms with E-state index in [9.17, 15) is 4.79 Å². The highest BCUT2D eigenvalue weighted by Gasteiger charge is 2.27. The molecule has 1 atom stereocenters. The maximum absolute atomic E-state index is 13.0. The molecule has 1 amide bonds. The zero-order valence-corrected chi connectivity index (χ0v) is 16.9. The number of carbonyl (C=O) groups is 1. The van der Waals surface area contributed by atoms with Crippen LogP contribution in [0.3, 0.4) is 0 Å². The lowest BCUT2D eigenvalue weighted by Crippen LogP contribution is -2.49. The third kappa shape index (κ3) is 4.18. The van der Waals surface area contributed by atoms with Crippen LogP contribution in [0.5, 0.6) is 0 Å². The van der Waals surface area contributed by atoms with E-state index < -0.39 is 0 Å². The van der Waals surface area contributed by atoms with E-state index in [2.05, 4.69) is 28.9 Å². The molecule has 0 saturated carbocycles. The number of carbonyl (C=O) groups excluding carboxylic acids is 1. The SMILES string of the molecule is CCC(C(=O)N1CCN(Cc2nc(-c3ccco3)cs2)CC1)c1ccccc1. The number of piperazine rings is 1. The molecule has 0 radical (unpaired) electrons. The Kier molecular flexibility index (Phi) is 5.88. The van der Waals surface area contributed by atoms with Gasteiger partial charge in [0.25, 0.3) is 0 Å². The summed E-state index contributed by atoms with van der Waals surface area (Å²) < 4.78 is 5.42. The molecule has 0 N–H and O–H groups in total. The Morgan fingerprint density at radius 3 is 2.61 bits per heavy atom. The Balaban J connectivity index is 1.32. The lowest BCUT2D eigenvalue weighted by molar-refractivity contribution is -0.134. The van der Waals surface area contributed by atoms with E-state index in [1.54, 1.807) is 17.6 Å². The largest absolute Gasteiger partial charge is 0.463 e. The molecule has 2 aromatic heterocycles. The summed E-state index contributed by atoms with van der Waals surface area (Å²) in [7, 11) is 0. The van der Waals surface area contributed by atoms with Gasteiger partial charge in [-0.3, -0.25) is 9.69 Å². The molecule has 6 heteroatoms. The average molecular weight is 396 g/mol. The van der Waals surface area contributed by atoms with Crippen molar-refractivity contribution < 1.29 is 9.21 Å². The second-order valence-electron chi connectivity index (χ2n) is 7.08. The van der Waals surface area contributed by atoms with Crippen molar-refractivity contribution in [3.8, 4) is 11.5 Å². The summed E-state index contributed by atoms with van der Waals surface area (Å²) in [4.78, 5) is 22.1. The fourth-order valence-electron chi connectivity index (χ4n) is 3.70. The predicted octanol–water partition coefficient (Wildman–Crippen LogP) is 4.24. The molecule has 1 aliphatic heterocycles. The van der Waals surface area contributed by atoms with Crippen LogP contribution in [0, 0.1) is 0 Å². The van der Waals surface area contributed by atoms with Gasteiger partial charge in [0.05, 0.1) is 18.7 Å². The van der Waals surface area contributed by atoms with Gasteiger partial charge in [0.2, 0.25) is 5.91 Å². The number of benzene rings is 1. The van der Waals surface area contributed by atoms with Gasteiger partial charge in [0, 0.05) is 31.6 Å². The van der Waals surface area contributed by atoms with Crippen molar-refractivity contribution in [3.05, 3.63) is 64.7 Å². The molecule has 0 bridgehead atoms. The lowest BCUT2D eigenvalue weighted by atomic mass is 9.95. The van der Waals surface area contributed by atoms with E-state index >= 15 is 0 Å². The molecule has 0 aliphatic carbocycles. The second-order valence-corrected chi connectivity index (χ2v) is 8.02. The first kappa shape index (κ1) is 18.9. The van der Waals surface area contributed by atoms with Gasteiger partial charge in [-0.2, -0.15) is 0 Å². The van der Waals surface area contributed by atoms with Crippen molar-refractivity contribution in [2.45, 2.75) is 25.8 Å². The summed E-state index contributed by atoms with van der Waals surface area (Å²) in [6.45, 7) is 6.23. The molecule has 1 saturated heterocycles. The summed E-state index contributed by atoms with van der Waals surface area (Å²) in [5.74, 6) is 1.02. The van der Waals surface area contributed by atoms with Gasteiger partial charge in [0.1, 0.15) is 10.7 Å². The molecule has 1 aliphatic rings. The zero-order valence-electron chi connectivity index (χ0n) is 16.1. The molecular weight excluding hydrogens is 370 g/mol. The molecule has 3 heterocycles. The van der Waals surface area contributed by atoms with Crippen molar-refractivity contribution in [1.82, 2.24) is 14.8 Å². The fourth-order valence-corrected chi connectivity index (χ4v) is 4.52. The summed E-state index contributed by atoms with van der Waals surface area (Å²) in [6, 6.07) is 13.9. The Morgan fingerprint density at radius 2 is 1.93 bits per heavy atom. The van der Waals surface area contributed by atoms with Crippen LogP contribution in [0.15, 0.2) is 58.5 Å². The maximum atomic E-state index is 13.0. The first-order chi connectivity index (χ1) is 13.7. The molecule has 5 nitrogen and oxygen atoms in total. The van der Waals surface area contributed by atoms with Crippen LogP contribution < -0.4 is 0 Å². The van der Waals surface area contributed by atoms with Gasteiger partial charge in [0.15, 0.2) is 5.76 Å². The monoisotopic (exact) mass is 395 g/mol. The highest BCUT2D eigenvalue weighted by atomic mass is 32.1. The lowest BCUT2D eigenvalue weighted by Gasteiger charge is -2.36. The highest BCUT2D eigenvalue weighted by Crippen LogP contribution is 2.25. The third-order valence-corrected chi connectivity index (χ3v) is 6.11. The van der Waals surface area contributed by atoms with Crippen LogP contribution in [-0.4, -0.2) is 46.9 Å². The van der Waals surface area contributed by atoms with E-state index in [0.717, 1.165) is 61.2 Å². The zero-order chi connectivity index (χ0) is 19.3. The first-order valence-electron chi connectivity index (χ1n) is 9.79. The molecule has 3 aromatic rings. The molecule has 28 heavy (non-hydrogen) atoms. The molecule has 1 fully saturated rings. The maximum Gasteiger partial charge on any atom is 0.230 e. The predicted molar refractivity (Wildman–Crippen MR) is 111 cm³/mol. The van der Waals surface area contributed by atoms with Crippen LogP contribution in [0.25, 0.3) is 11.5 Å². The first-order valence-corrected chi connectivity index (χ1v) is 10.7. The van der Waals surface area contributed by atoms with E-state index in [1.807, 2.05) is 40.6 Å². The highest BCUT2D eigenvalue weighted by molar-refractivity contribution is 7.09. The standard InChI is InChI=1S/C22H25N3O2S/c1-2-18(17-7-4-3-5-8-17)22(26)25-12-10-24(11-13-25)15-21-23-19(16-28-21)20-9-6-14-27-20/h3-9,14,16,18H,2,10-13,15H2,1H3. The number of furan rings is 1. The average Bonchev–Trinajstić information content (AvgIpc) is 3.42. The van der Waals surface area contributed by atoms with Crippen molar-refractivity contribution in [2.75, 3.05) is 26.2 Å². The Labute approximate surface area is 169 Å². The summed E-state index contributed by atoms with van der Waals surface area (Å²) in [6.07, 6.45) is 2.50. The molecule has 146 valence electrons. The van der Waals surface area contributed by atoms with Gasteiger partial charge >= 0.3 is 0 Å². The smallest absolute Gasteiger partial charge is 0.230 e. The fraction of sp³-hybridized carbons (Fsp3) is 0.364. The Morgan fingerprint density at radius 1 is 1.14 bits per heavy atom. The van der Waals surface area contributed by atoms with Gasteiger partial charge < -0.3 is 9.32 Å².